The molecule has 7 heteroatoms. The molecule has 0 atom stereocenters. The fourth-order valence-corrected chi connectivity index (χ4v) is 1.81. The lowest BCUT2D eigenvalue weighted by molar-refractivity contribution is 0.0547. The van der Waals surface area contributed by atoms with Gasteiger partial charge in [-0.15, -0.1) is 3.89 Å². The Morgan fingerprint density at radius 3 is 2.67 bits per heavy atom. The fraction of sp³-hybridized carbons (Fsp3) is 0.429. The summed E-state index contributed by atoms with van der Waals surface area (Å²) in [5, 5.41) is 6.49. The molecule has 0 saturated heterocycles. The maximum Gasteiger partial charge on any atom is 0.412 e. The molecule has 1 heterocycles. The van der Waals surface area contributed by atoms with Gasteiger partial charge in [0.1, 0.15) is 5.60 Å². The minimum atomic E-state index is -0.600. The van der Waals surface area contributed by atoms with Crippen molar-refractivity contribution in [1.82, 2.24) is 14.5 Å². The Bertz CT molecular complexity index is 573. The summed E-state index contributed by atoms with van der Waals surface area (Å²) in [5.41, 5.74) is 1.79. The topological polar surface area (TPSA) is 56.2 Å². The third-order valence-electron chi connectivity index (χ3n) is 2.41. The van der Waals surface area contributed by atoms with Crippen molar-refractivity contribution >= 4 is 24.5 Å². The maximum atomic E-state index is 12.8. The lowest BCUT2D eigenvalue weighted by Crippen LogP contribution is -2.32. The summed E-state index contributed by atoms with van der Waals surface area (Å²) in [6.07, 6.45) is 2.57. The molecule has 21 heavy (non-hydrogen) atoms. The molecule has 1 rings (SSSR count). The summed E-state index contributed by atoms with van der Waals surface area (Å²) < 4.78 is 19.1. The van der Waals surface area contributed by atoms with Gasteiger partial charge in [0, 0.05) is 5.70 Å². The molecule has 5 nitrogen and oxygen atoms in total. The fourth-order valence-electron chi connectivity index (χ4n) is 1.46. The molecule has 0 aromatic carbocycles. The van der Waals surface area contributed by atoms with E-state index in [2.05, 4.69) is 17.0 Å². The maximum absolute atomic E-state index is 12.8. The molecule has 1 aromatic rings. The van der Waals surface area contributed by atoms with Crippen LogP contribution in [0.15, 0.2) is 24.0 Å². The summed E-state index contributed by atoms with van der Waals surface area (Å²) >= 11 is -0.0138. The number of ether oxygens (including phenoxy) is 1. The van der Waals surface area contributed by atoms with Crippen LogP contribution < -0.4 is 5.32 Å². The number of aromatic nitrogens is 2. The summed E-state index contributed by atoms with van der Waals surface area (Å²) in [5.74, 6) is 0. The largest absolute Gasteiger partial charge is 0.444 e. The second-order valence-electron chi connectivity index (χ2n) is 5.62. The van der Waals surface area contributed by atoms with Gasteiger partial charge in [0.2, 0.25) is 0 Å². The number of amides is 1. The van der Waals surface area contributed by atoms with Crippen molar-refractivity contribution in [2.24, 2.45) is 0 Å². The standard InChI is InChI=1S/C14H20FN3O2S/c1-9(2)11(17-13(19)20-14(4,5)6)7-12-10(3)8-16-18(12)21-15/h7-8H,1H2,2-6H3,(H,17,19)/b11-7+. The first-order chi connectivity index (χ1) is 9.64. The first-order valence-corrected chi connectivity index (χ1v) is 7.02. The summed E-state index contributed by atoms with van der Waals surface area (Å²) in [7, 11) is 0. The molecule has 0 saturated carbocycles. The first-order valence-electron chi connectivity index (χ1n) is 6.35. The van der Waals surface area contributed by atoms with Crippen molar-refractivity contribution < 1.29 is 13.4 Å². The van der Waals surface area contributed by atoms with E-state index in [9.17, 15) is 8.68 Å². The SMILES string of the molecule is C=C(C)/C(=C\c1c(C)cnn1SF)NC(=O)OC(C)(C)C. The van der Waals surface area contributed by atoms with E-state index in [1.54, 1.807) is 46.9 Å². The van der Waals surface area contributed by atoms with Crippen LogP contribution in [0.2, 0.25) is 0 Å². The van der Waals surface area contributed by atoms with Crippen LogP contribution in [-0.2, 0) is 4.74 Å². The number of hydrogen-bond donors (Lipinski definition) is 1. The van der Waals surface area contributed by atoms with Crippen molar-refractivity contribution in [3.8, 4) is 0 Å². The number of rotatable bonds is 4. The highest BCUT2D eigenvalue weighted by atomic mass is 32.2. The molecule has 1 amide bonds. The van der Waals surface area contributed by atoms with Crippen LogP contribution in [0.1, 0.15) is 39.0 Å². The molecule has 0 spiro atoms. The van der Waals surface area contributed by atoms with Crippen LogP contribution in [0.25, 0.3) is 6.08 Å². The number of alkyl carbamates (subject to hydrolysis) is 1. The molecular formula is C14H20FN3O2S. The van der Waals surface area contributed by atoms with E-state index in [4.69, 9.17) is 4.74 Å². The van der Waals surface area contributed by atoms with E-state index in [0.29, 0.717) is 17.0 Å². The number of nitrogens with zero attached hydrogens (tertiary/aromatic N) is 2. The van der Waals surface area contributed by atoms with E-state index >= 15 is 0 Å². The van der Waals surface area contributed by atoms with Gasteiger partial charge in [-0.1, -0.05) is 6.58 Å². The smallest absolute Gasteiger partial charge is 0.412 e. The predicted molar refractivity (Wildman–Crippen MR) is 83.2 cm³/mol. The third kappa shape index (κ3) is 5.26. The van der Waals surface area contributed by atoms with E-state index < -0.39 is 11.7 Å². The number of allylic oxidation sites excluding steroid dienone is 1. The number of halogens is 1. The number of aryl methyl sites for hydroxylation is 1. The van der Waals surface area contributed by atoms with Crippen molar-refractivity contribution in [2.45, 2.75) is 40.2 Å². The van der Waals surface area contributed by atoms with E-state index in [1.807, 2.05) is 0 Å². The van der Waals surface area contributed by atoms with Crippen molar-refractivity contribution in [3.63, 3.8) is 0 Å². The molecule has 0 radical (unpaired) electrons. The minimum Gasteiger partial charge on any atom is -0.444 e. The molecule has 0 fully saturated rings. The Kier molecular flexibility index (Phi) is 5.60. The zero-order valence-corrected chi connectivity index (χ0v) is 13.7. The van der Waals surface area contributed by atoms with Crippen LogP contribution in [-0.4, -0.2) is 20.9 Å². The van der Waals surface area contributed by atoms with E-state index in [1.165, 1.54) is 0 Å². The van der Waals surface area contributed by atoms with Crippen LogP contribution >= 0.6 is 12.3 Å². The van der Waals surface area contributed by atoms with Gasteiger partial charge in [-0.3, -0.25) is 5.32 Å². The zero-order valence-electron chi connectivity index (χ0n) is 12.9. The minimum absolute atomic E-state index is 0.0138. The van der Waals surface area contributed by atoms with Gasteiger partial charge in [-0.2, -0.15) is 9.19 Å². The van der Waals surface area contributed by atoms with Gasteiger partial charge in [-0.05, 0) is 51.8 Å². The molecule has 0 bridgehead atoms. The van der Waals surface area contributed by atoms with Crippen LogP contribution in [0, 0.1) is 6.92 Å². The van der Waals surface area contributed by atoms with Gasteiger partial charge in [0.25, 0.3) is 0 Å². The van der Waals surface area contributed by atoms with Crippen LogP contribution in [0.5, 0.6) is 0 Å². The third-order valence-corrected chi connectivity index (χ3v) is 2.83. The molecule has 0 aliphatic heterocycles. The van der Waals surface area contributed by atoms with E-state index in [0.717, 1.165) is 9.65 Å². The average molecular weight is 313 g/mol. The number of hydrogen-bond acceptors (Lipinski definition) is 4. The second-order valence-corrected chi connectivity index (χ2v) is 6.10. The summed E-state index contributed by atoms with van der Waals surface area (Å²) in [4.78, 5) is 11.8. The Morgan fingerprint density at radius 1 is 1.57 bits per heavy atom. The van der Waals surface area contributed by atoms with E-state index in [-0.39, 0.29) is 12.3 Å². The predicted octanol–water partition coefficient (Wildman–Crippen LogP) is 4.01. The molecule has 1 aromatic heterocycles. The van der Waals surface area contributed by atoms with Crippen molar-refractivity contribution in [1.29, 1.82) is 0 Å². The van der Waals surface area contributed by atoms with Crippen molar-refractivity contribution in [3.05, 3.63) is 35.3 Å². The molecule has 0 unspecified atom stereocenters. The van der Waals surface area contributed by atoms with Gasteiger partial charge in [-0.25, -0.2) is 4.79 Å². The van der Waals surface area contributed by atoms with Crippen molar-refractivity contribution in [2.75, 3.05) is 0 Å². The van der Waals surface area contributed by atoms with Gasteiger partial charge in [0.05, 0.1) is 11.9 Å². The highest BCUT2D eigenvalue weighted by Crippen LogP contribution is 2.19. The summed E-state index contributed by atoms with van der Waals surface area (Å²) in [6.45, 7) is 12.7. The molecule has 0 aliphatic carbocycles. The Labute approximate surface area is 128 Å². The molecular weight excluding hydrogens is 293 g/mol. The number of nitrogens with one attached hydrogen (secondary N) is 1. The van der Waals surface area contributed by atoms with Gasteiger partial charge >= 0.3 is 6.09 Å². The first kappa shape index (κ1) is 17.3. The Morgan fingerprint density at radius 2 is 2.19 bits per heavy atom. The average Bonchev–Trinajstić information content (AvgIpc) is 2.67. The molecule has 1 N–H and O–H groups in total. The second kappa shape index (κ2) is 6.80. The summed E-state index contributed by atoms with van der Waals surface area (Å²) in [6, 6.07) is 0. The lowest BCUT2D eigenvalue weighted by Gasteiger charge is -2.20. The Balaban J connectivity index is 3.02. The number of carbonyl (C=O) groups is 1. The van der Waals surface area contributed by atoms with Gasteiger partial charge in [0.15, 0.2) is 12.3 Å². The highest BCUT2D eigenvalue weighted by Gasteiger charge is 2.17. The van der Waals surface area contributed by atoms with Gasteiger partial charge < -0.3 is 4.74 Å². The Hall–Kier alpha value is -1.76. The quantitative estimate of drug-likeness (QED) is 0.853. The molecule has 116 valence electrons. The van der Waals surface area contributed by atoms with Crippen LogP contribution in [0.4, 0.5) is 8.68 Å². The number of carbonyl (C=O) groups excluding carboxylic acids is 1. The highest BCUT2D eigenvalue weighted by molar-refractivity contribution is 7.92. The molecule has 0 aliphatic rings. The lowest BCUT2D eigenvalue weighted by atomic mass is 10.2. The monoisotopic (exact) mass is 313 g/mol. The zero-order chi connectivity index (χ0) is 16.2. The van der Waals surface area contributed by atoms with Crippen LogP contribution in [0.3, 0.4) is 0 Å². The normalized spacial score (nSPS) is 12.2.